The van der Waals surface area contributed by atoms with Gasteiger partial charge in [0, 0.05) is 32.1 Å². The molecule has 0 saturated carbocycles. The number of hydrogen-bond donors (Lipinski definition) is 3. The van der Waals surface area contributed by atoms with Crippen LogP contribution in [-0.2, 0) is 44.7 Å². The summed E-state index contributed by atoms with van der Waals surface area (Å²) in [6.07, 6.45) is 7.56. The molecule has 0 aliphatic carbocycles. The highest BCUT2D eigenvalue weighted by Crippen LogP contribution is 2.28. The summed E-state index contributed by atoms with van der Waals surface area (Å²) in [5, 5.41) is 7.92. The van der Waals surface area contributed by atoms with E-state index in [0.717, 1.165) is 25.0 Å². The minimum atomic E-state index is -1.55. The highest BCUT2D eigenvalue weighted by molar-refractivity contribution is 5.98. The molecule has 3 N–H and O–H groups in total. The monoisotopic (exact) mass is 770 g/mol. The lowest BCUT2D eigenvalue weighted by Gasteiger charge is -2.39. The van der Waals surface area contributed by atoms with E-state index in [1.54, 1.807) is 6.08 Å². The van der Waals surface area contributed by atoms with Crippen LogP contribution in [0.25, 0.3) is 0 Å². The molecule has 300 valence electrons. The molecule has 1 aromatic rings. The zero-order chi connectivity index (χ0) is 39.8. The van der Waals surface area contributed by atoms with E-state index >= 15 is 0 Å². The Labute approximate surface area is 319 Å². The van der Waals surface area contributed by atoms with Crippen molar-refractivity contribution in [1.29, 1.82) is 0 Å². The minimum absolute atomic E-state index is 0.0586. The molecule has 7 atom stereocenters. The van der Waals surface area contributed by atoms with Crippen LogP contribution in [0, 0.1) is 17.6 Å². The van der Waals surface area contributed by atoms with Gasteiger partial charge in [-0.15, -0.1) is 0 Å². The molecule has 0 spiro atoms. The van der Waals surface area contributed by atoms with Gasteiger partial charge >= 0.3 is 5.97 Å². The van der Waals surface area contributed by atoms with Crippen LogP contribution >= 0.6 is 0 Å². The first-order chi connectivity index (χ1) is 26.3. The maximum Gasteiger partial charge on any atom is 0.328 e. The summed E-state index contributed by atoms with van der Waals surface area (Å²) in [5.74, 6) is -6.41. The molecule has 55 heavy (non-hydrogen) atoms. The molecule has 0 unspecified atom stereocenters. The first kappa shape index (κ1) is 41.3. The molecular formula is C39H52F2N6O8. The lowest BCUT2D eigenvalue weighted by molar-refractivity contribution is -0.158. The molecule has 16 heteroatoms. The van der Waals surface area contributed by atoms with Gasteiger partial charge in [-0.25, -0.2) is 13.6 Å². The average molecular weight is 771 g/mol. The standard InChI is InChI=1S/C39H52F2N6O8/c1-4-5-6-7-13-33(48)43-28(19-25-17-26(40)20-27(41)18-25)34(49)44-29-22-55-39(54)32-16-23(2)21-47(32)36(51)24(3)42-35(50)30-11-8-9-14-45(30)38(53)31-12-10-15-46(31)37(29)52/h7,13,17-18,20,23-24,28-32H,4-6,8-12,14-16,19,21-22H2,1-3H3,(H,42,50)(H,43,48)(H,44,49)/b13-7+/t23-,24-,28-,29-,30+,31-,32-/m0/s1. The average Bonchev–Trinajstić information content (AvgIpc) is 3.80. The van der Waals surface area contributed by atoms with E-state index in [4.69, 9.17) is 4.74 Å². The number of esters is 1. The number of carbonyl (C=O) groups excluding carboxylic acids is 7. The van der Waals surface area contributed by atoms with Crippen LogP contribution in [0.4, 0.5) is 8.78 Å². The van der Waals surface area contributed by atoms with Crippen LogP contribution in [-0.4, -0.2) is 119 Å². The van der Waals surface area contributed by atoms with Gasteiger partial charge in [0.1, 0.15) is 54.5 Å². The fourth-order valence-corrected chi connectivity index (χ4v) is 7.89. The molecule has 1 aromatic carbocycles. The number of halogens is 2. The van der Waals surface area contributed by atoms with Gasteiger partial charge in [0.2, 0.25) is 35.4 Å². The number of nitrogens with one attached hydrogen (secondary N) is 3. The summed E-state index contributed by atoms with van der Waals surface area (Å²) < 4.78 is 34.0. The van der Waals surface area contributed by atoms with E-state index in [2.05, 4.69) is 16.0 Å². The molecule has 4 heterocycles. The van der Waals surface area contributed by atoms with E-state index in [1.165, 1.54) is 27.7 Å². The molecule has 0 aromatic heterocycles. The second kappa shape index (κ2) is 18.6. The van der Waals surface area contributed by atoms with Crippen LogP contribution in [0.5, 0.6) is 0 Å². The van der Waals surface area contributed by atoms with Crippen molar-refractivity contribution in [3.05, 3.63) is 47.5 Å². The van der Waals surface area contributed by atoms with Crippen LogP contribution in [0.15, 0.2) is 30.4 Å². The maximum absolute atomic E-state index is 14.4. The van der Waals surface area contributed by atoms with Crippen molar-refractivity contribution in [2.24, 2.45) is 5.92 Å². The normalized spacial score (nSPS) is 27.3. The molecule has 5 rings (SSSR count). The van der Waals surface area contributed by atoms with Crippen molar-refractivity contribution in [2.45, 2.75) is 121 Å². The summed E-state index contributed by atoms with van der Waals surface area (Å²) in [6, 6.07) is -4.14. The molecule has 14 nitrogen and oxygen atoms in total. The Morgan fingerprint density at radius 3 is 2.33 bits per heavy atom. The number of unbranched alkanes of at least 4 members (excludes halogenated alkanes) is 2. The topological polar surface area (TPSA) is 175 Å². The second-order valence-corrected chi connectivity index (χ2v) is 15.1. The van der Waals surface area contributed by atoms with Gasteiger partial charge < -0.3 is 35.4 Å². The Hall–Kier alpha value is -4.89. The van der Waals surface area contributed by atoms with Crippen LogP contribution in [0.1, 0.15) is 84.1 Å². The number of ether oxygens (including phenoxy) is 1. The smallest absolute Gasteiger partial charge is 0.328 e. The number of carbonyl (C=O) groups is 7. The molecule has 0 bridgehead atoms. The highest BCUT2D eigenvalue weighted by Gasteiger charge is 2.46. The summed E-state index contributed by atoms with van der Waals surface area (Å²) in [6.45, 7) is 5.35. The van der Waals surface area contributed by atoms with E-state index < -0.39 is 95.9 Å². The highest BCUT2D eigenvalue weighted by atomic mass is 19.1. The number of cyclic esters (lactones) is 1. The van der Waals surface area contributed by atoms with Gasteiger partial charge in [-0.3, -0.25) is 28.8 Å². The van der Waals surface area contributed by atoms with Crippen molar-refractivity contribution in [2.75, 3.05) is 26.2 Å². The summed E-state index contributed by atoms with van der Waals surface area (Å²) >= 11 is 0. The number of amides is 6. The Balaban J connectivity index is 1.47. The van der Waals surface area contributed by atoms with Crippen LogP contribution in [0.3, 0.4) is 0 Å². The number of nitrogens with zero attached hydrogens (tertiary/aromatic N) is 3. The molecular weight excluding hydrogens is 718 g/mol. The summed E-state index contributed by atoms with van der Waals surface area (Å²) in [5.41, 5.74) is 0.0586. The first-order valence-corrected chi connectivity index (χ1v) is 19.4. The van der Waals surface area contributed by atoms with Gasteiger partial charge in [-0.05, 0) is 81.6 Å². The zero-order valence-electron chi connectivity index (χ0n) is 31.7. The second-order valence-electron chi connectivity index (χ2n) is 15.1. The van der Waals surface area contributed by atoms with Crippen LogP contribution in [0.2, 0.25) is 0 Å². The number of piperidine rings is 1. The van der Waals surface area contributed by atoms with Crippen molar-refractivity contribution in [1.82, 2.24) is 30.7 Å². The molecule has 4 aliphatic rings. The minimum Gasteiger partial charge on any atom is -0.461 e. The first-order valence-electron chi connectivity index (χ1n) is 19.4. The largest absolute Gasteiger partial charge is 0.461 e. The SMILES string of the molecule is CCCC/C=C/C(=O)N[C@@H](Cc1cc(F)cc(F)c1)C(=O)N[C@H]1COC(=O)[C@@H]2C[C@H](C)CN2C(=O)[C@H](C)NC(=O)[C@H]2CCCCN2C(=O)[C@@H]2CCCN2C1=O. The third kappa shape index (κ3) is 10.3. The van der Waals surface area contributed by atoms with E-state index in [-0.39, 0.29) is 50.4 Å². The van der Waals surface area contributed by atoms with Crippen molar-refractivity contribution in [3.8, 4) is 0 Å². The molecule has 0 radical (unpaired) electrons. The number of benzene rings is 1. The number of fused-ring (bicyclic) bond motifs is 3. The van der Waals surface area contributed by atoms with Gasteiger partial charge in [0.25, 0.3) is 0 Å². The van der Waals surface area contributed by atoms with Crippen molar-refractivity contribution in [3.63, 3.8) is 0 Å². The Bertz CT molecular complexity index is 1650. The Morgan fingerprint density at radius 2 is 1.60 bits per heavy atom. The molecule has 4 fully saturated rings. The Kier molecular flexibility index (Phi) is 14.0. The molecule has 4 saturated heterocycles. The Morgan fingerprint density at radius 1 is 0.909 bits per heavy atom. The van der Waals surface area contributed by atoms with E-state index in [1.807, 2.05) is 13.8 Å². The maximum atomic E-state index is 14.4. The molecule has 6 amide bonds. The number of rotatable bonds is 9. The summed E-state index contributed by atoms with van der Waals surface area (Å²) in [7, 11) is 0. The lowest BCUT2D eigenvalue weighted by Crippen LogP contribution is -2.62. The van der Waals surface area contributed by atoms with Crippen LogP contribution < -0.4 is 16.0 Å². The quantitative estimate of drug-likeness (QED) is 0.194. The number of hydrogen-bond acceptors (Lipinski definition) is 8. The predicted octanol–water partition coefficient (Wildman–Crippen LogP) is 1.89. The van der Waals surface area contributed by atoms with E-state index in [0.29, 0.717) is 38.2 Å². The third-order valence-corrected chi connectivity index (χ3v) is 10.7. The number of allylic oxidation sites excluding steroid dienone is 1. The fraction of sp³-hybridized carbons (Fsp3) is 0.615. The molecule has 4 aliphatic heterocycles. The van der Waals surface area contributed by atoms with E-state index in [9.17, 15) is 42.3 Å². The van der Waals surface area contributed by atoms with Gasteiger partial charge in [-0.2, -0.15) is 0 Å². The third-order valence-electron chi connectivity index (χ3n) is 10.7. The van der Waals surface area contributed by atoms with Gasteiger partial charge in [0.05, 0.1) is 0 Å². The van der Waals surface area contributed by atoms with Gasteiger partial charge in [0.15, 0.2) is 0 Å². The fourth-order valence-electron chi connectivity index (χ4n) is 7.89. The summed E-state index contributed by atoms with van der Waals surface area (Å²) in [4.78, 5) is 101. The van der Waals surface area contributed by atoms with Crippen molar-refractivity contribution < 1.29 is 47.1 Å². The zero-order valence-corrected chi connectivity index (χ0v) is 31.7. The predicted molar refractivity (Wildman–Crippen MR) is 195 cm³/mol. The lowest BCUT2D eigenvalue weighted by atomic mass is 9.99. The van der Waals surface area contributed by atoms with Crippen molar-refractivity contribution >= 4 is 41.4 Å². The van der Waals surface area contributed by atoms with Gasteiger partial charge in [-0.1, -0.05) is 32.8 Å².